The molecule has 1 amide bonds. The first-order valence-corrected chi connectivity index (χ1v) is 8.35. The third-order valence-corrected chi connectivity index (χ3v) is 4.01. The number of hydrogen-bond donors (Lipinski definition) is 1. The lowest BCUT2D eigenvalue weighted by atomic mass is 10.2. The molecule has 0 aliphatic carbocycles. The molecule has 0 fully saturated rings. The first-order valence-electron chi connectivity index (χ1n) is 8.35. The molecule has 4 aromatic rings. The van der Waals surface area contributed by atoms with Crippen molar-refractivity contribution in [3.8, 4) is 11.5 Å². The van der Waals surface area contributed by atoms with Gasteiger partial charge >= 0.3 is 0 Å². The third kappa shape index (κ3) is 3.26. The second kappa shape index (κ2) is 6.94. The van der Waals surface area contributed by atoms with Crippen molar-refractivity contribution in [2.75, 3.05) is 0 Å². The van der Waals surface area contributed by atoms with E-state index in [1.165, 1.54) is 18.2 Å². The highest BCUT2D eigenvalue weighted by atomic mass is 19.1. The van der Waals surface area contributed by atoms with Crippen LogP contribution in [0.3, 0.4) is 0 Å². The molecule has 4 rings (SSSR count). The van der Waals surface area contributed by atoms with Crippen LogP contribution in [0.1, 0.15) is 28.9 Å². The van der Waals surface area contributed by atoms with Gasteiger partial charge in [-0.3, -0.25) is 9.20 Å². The number of halogens is 1. The van der Waals surface area contributed by atoms with E-state index in [0.717, 1.165) is 0 Å². The topological polar surface area (TPSA) is 98.2 Å². The number of aryl methyl sites for hydroxylation is 1. The zero-order valence-corrected chi connectivity index (χ0v) is 14.4. The van der Waals surface area contributed by atoms with Crippen LogP contribution >= 0.6 is 0 Å². The van der Waals surface area contributed by atoms with Gasteiger partial charge in [-0.2, -0.15) is 4.98 Å². The maximum Gasteiger partial charge on any atom is 0.261 e. The van der Waals surface area contributed by atoms with E-state index in [-0.39, 0.29) is 12.1 Å². The largest absolute Gasteiger partial charge is 0.345 e. The summed E-state index contributed by atoms with van der Waals surface area (Å²) in [7, 11) is 0. The maximum absolute atomic E-state index is 13.3. The van der Waals surface area contributed by atoms with Crippen molar-refractivity contribution >= 4 is 11.6 Å². The number of hydrogen-bond acceptors (Lipinski definition) is 6. The standard InChI is InChI=1S/C18H15FN6O2/c1-2-14-21-18(27-24-14)13-7-4-8-25-15(22-23-16(13)25)10-20-17(26)11-5-3-6-12(19)9-11/h3-9H,2,10H2,1H3,(H,20,26). The molecule has 0 saturated heterocycles. The number of rotatable bonds is 5. The molecule has 0 unspecified atom stereocenters. The molecule has 1 N–H and O–H groups in total. The second-order valence-corrected chi connectivity index (χ2v) is 5.79. The lowest BCUT2D eigenvalue weighted by molar-refractivity contribution is 0.0949. The van der Waals surface area contributed by atoms with Crippen LogP contribution < -0.4 is 5.32 Å². The predicted molar refractivity (Wildman–Crippen MR) is 93.2 cm³/mol. The molecule has 3 heterocycles. The normalized spacial score (nSPS) is 11.0. The van der Waals surface area contributed by atoms with E-state index in [2.05, 4.69) is 25.7 Å². The van der Waals surface area contributed by atoms with Gasteiger partial charge in [0, 0.05) is 18.2 Å². The van der Waals surface area contributed by atoms with E-state index >= 15 is 0 Å². The summed E-state index contributed by atoms with van der Waals surface area (Å²) >= 11 is 0. The summed E-state index contributed by atoms with van der Waals surface area (Å²) in [5.41, 5.74) is 1.43. The van der Waals surface area contributed by atoms with Gasteiger partial charge in [0.25, 0.3) is 11.8 Å². The van der Waals surface area contributed by atoms with E-state index < -0.39 is 11.7 Å². The number of aromatic nitrogens is 5. The summed E-state index contributed by atoms with van der Waals surface area (Å²) in [6.45, 7) is 2.07. The average Bonchev–Trinajstić information content (AvgIpc) is 3.33. The second-order valence-electron chi connectivity index (χ2n) is 5.79. The number of amides is 1. The van der Waals surface area contributed by atoms with Crippen LogP contribution in [-0.4, -0.2) is 30.6 Å². The summed E-state index contributed by atoms with van der Waals surface area (Å²) in [5, 5.41) is 14.9. The van der Waals surface area contributed by atoms with Gasteiger partial charge in [0.2, 0.25) is 0 Å². The fraction of sp³-hybridized carbons (Fsp3) is 0.167. The Morgan fingerprint density at radius 3 is 2.93 bits per heavy atom. The number of pyridine rings is 1. The van der Waals surface area contributed by atoms with Gasteiger partial charge in [0.05, 0.1) is 12.1 Å². The molecular weight excluding hydrogens is 351 g/mol. The Kier molecular flexibility index (Phi) is 4.33. The van der Waals surface area contributed by atoms with Gasteiger partial charge in [-0.25, -0.2) is 4.39 Å². The zero-order valence-electron chi connectivity index (χ0n) is 14.4. The molecule has 8 nitrogen and oxygen atoms in total. The first-order chi connectivity index (χ1) is 13.2. The molecule has 1 aromatic carbocycles. The van der Waals surface area contributed by atoms with Crippen LogP contribution in [-0.2, 0) is 13.0 Å². The van der Waals surface area contributed by atoms with Crippen molar-refractivity contribution < 1.29 is 13.7 Å². The molecule has 0 aliphatic rings. The monoisotopic (exact) mass is 366 g/mol. The minimum Gasteiger partial charge on any atom is -0.345 e. The van der Waals surface area contributed by atoms with Crippen molar-refractivity contribution in [1.29, 1.82) is 0 Å². The summed E-state index contributed by atoms with van der Waals surface area (Å²) in [5.74, 6) is 0.624. The molecule has 0 radical (unpaired) electrons. The van der Waals surface area contributed by atoms with Gasteiger partial charge in [0.1, 0.15) is 5.82 Å². The summed E-state index contributed by atoms with van der Waals surface area (Å²) in [6, 6.07) is 9.10. The lowest BCUT2D eigenvalue weighted by Gasteiger charge is -2.05. The fourth-order valence-corrected chi connectivity index (χ4v) is 2.65. The molecule has 136 valence electrons. The quantitative estimate of drug-likeness (QED) is 0.582. The Labute approximate surface area is 153 Å². The first kappa shape index (κ1) is 16.8. The Hall–Kier alpha value is -3.62. The molecule has 0 spiro atoms. The van der Waals surface area contributed by atoms with Gasteiger partial charge in [-0.15, -0.1) is 10.2 Å². The number of fused-ring (bicyclic) bond motifs is 1. The van der Waals surface area contributed by atoms with Crippen molar-refractivity contribution in [1.82, 2.24) is 30.1 Å². The van der Waals surface area contributed by atoms with Crippen molar-refractivity contribution in [3.05, 3.63) is 65.6 Å². The van der Waals surface area contributed by atoms with Gasteiger partial charge < -0.3 is 9.84 Å². The lowest BCUT2D eigenvalue weighted by Crippen LogP contribution is -2.24. The van der Waals surface area contributed by atoms with Crippen LogP contribution in [0.15, 0.2) is 47.1 Å². The van der Waals surface area contributed by atoms with Crippen LogP contribution in [0.2, 0.25) is 0 Å². The third-order valence-electron chi connectivity index (χ3n) is 4.01. The maximum atomic E-state index is 13.3. The highest BCUT2D eigenvalue weighted by molar-refractivity contribution is 5.94. The Bertz CT molecular complexity index is 1120. The predicted octanol–water partition coefficient (Wildman–Crippen LogP) is 2.41. The Morgan fingerprint density at radius 1 is 1.26 bits per heavy atom. The summed E-state index contributed by atoms with van der Waals surface area (Å²) in [6.07, 6.45) is 2.44. The molecule has 27 heavy (non-hydrogen) atoms. The summed E-state index contributed by atoms with van der Waals surface area (Å²) in [4.78, 5) is 16.5. The summed E-state index contributed by atoms with van der Waals surface area (Å²) < 4.78 is 20.3. The minimum atomic E-state index is -0.466. The highest BCUT2D eigenvalue weighted by Gasteiger charge is 2.16. The van der Waals surface area contributed by atoms with Crippen molar-refractivity contribution in [2.24, 2.45) is 0 Å². The molecule has 0 aliphatic heterocycles. The molecule has 0 atom stereocenters. The van der Waals surface area contributed by atoms with E-state index in [1.54, 1.807) is 22.7 Å². The van der Waals surface area contributed by atoms with Gasteiger partial charge in [-0.05, 0) is 30.3 Å². The van der Waals surface area contributed by atoms with Gasteiger partial charge in [-0.1, -0.05) is 18.1 Å². The van der Waals surface area contributed by atoms with Crippen molar-refractivity contribution in [2.45, 2.75) is 19.9 Å². The minimum absolute atomic E-state index is 0.129. The molecule has 3 aromatic heterocycles. The highest BCUT2D eigenvalue weighted by Crippen LogP contribution is 2.22. The fourth-order valence-electron chi connectivity index (χ4n) is 2.65. The van der Waals surface area contributed by atoms with E-state index in [9.17, 15) is 9.18 Å². The van der Waals surface area contributed by atoms with Crippen molar-refractivity contribution in [3.63, 3.8) is 0 Å². The van der Waals surface area contributed by atoms with Crippen LogP contribution in [0.5, 0.6) is 0 Å². The van der Waals surface area contributed by atoms with E-state index in [1.807, 2.05) is 13.0 Å². The zero-order chi connectivity index (χ0) is 18.8. The van der Waals surface area contributed by atoms with Crippen LogP contribution in [0.4, 0.5) is 4.39 Å². The van der Waals surface area contributed by atoms with E-state index in [0.29, 0.717) is 35.2 Å². The smallest absolute Gasteiger partial charge is 0.261 e. The average molecular weight is 366 g/mol. The molecule has 0 bridgehead atoms. The Balaban J connectivity index is 1.58. The number of nitrogens with one attached hydrogen (secondary N) is 1. The van der Waals surface area contributed by atoms with Gasteiger partial charge in [0.15, 0.2) is 17.3 Å². The number of carbonyl (C=O) groups excluding carboxylic acids is 1. The number of benzene rings is 1. The number of carbonyl (C=O) groups is 1. The van der Waals surface area contributed by atoms with E-state index in [4.69, 9.17) is 4.52 Å². The molecule has 0 saturated carbocycles. The molecule has 9 heteroatoms. The Morgan fingerprint density at radius 2 is 2.15 bits per heavy atom. The van der Waals surface area contributed by atoms with Crippen LogP contribution in [0.25, 0.3) is 17.1 Å². The number of nitrogens with zero attached hydrogens (tertiary/aromatic N) is 5. The van der Waals surface area contributed by atoms with Crippen LogP contribution in [0, 0.1) is 5.82 Å². The molecular formula is C18H15FN6O2. The SMILES string of the molecule is CCc1noc(-c2cccn3c(CNC(=O)c4cccc(F)c4)nnc23)n1.